The average molecular weight is 267 g/mol. The van der Waals surface area contributed by atoms with Crippen LogP contribution in [0.15, 0.2) is 0 Å². The number of ether oxygens (including phenoxy) is 1. The number of rotatable bonds is 7. The molecule has 0 aliphatic rings. The molecule has 104 valence electrons. The van der Waals surface area contributed by atoms with Crippen molar-refractivity contribution in [2.24, 2.45) is 0 Å². The summed E-state index contributed by atoms with van der Waals surface area (Å²) in [6.07, 6.45) is -4.30. The van der Waals surface area contributed by atoms with E-state index in [1.165, 1.54) is 4.68 Å². The van der Waals surface area contributed by atoms with Gasteiger partial charge in [-0.15, -0.1) is 5.10 Å². The zero-order valence-electron chi connectivity index (χ0n) is 10.2. The Kier molecular flexibility index (Phi) is 5.48. The molecule has 9 heteroatoms. The summed E-state index contributed by atoms with van der Waals surface area (Å²) in [6.45, 7) is 3.26. The van der Waals surface area contributed by atoms with E-state index >= 15 is 0 Å². The van der Waals surface area contributed by atoms with E-state index in [1.54, 1.807) is 0 Å². The molecule has 0 aromatic carbocycles. The molecule has 0 aliphatic carbocycles. The van der Waals surface area contributed by atoms with Gasteiger partial charge in [-0.05, 0) is 10.4 Å². The van der Waals surface area contributed by atoms with Gasteiger partial charge in [-0.1, -0.05) is 13.8 Å². The van der Waals surface area contributed by atoms with Crippen molar-refractivity contribution in [3.8, 4) is 0 Å². The largest absolute Gasteiger partial charge is 0.411 e. The van der Waals surface area contributed by atoms with Crippen LogP contribution in [-0.4, -0.2) is 45.6 Å². The molecule has 0 amide bonds. The van der Waals surface area contributed by atoms with E-state index in [9.17, 15) is 13.2 Å². The summed E-state index contributed by atoms with van der Waals surface area (Å²) in [7, 11) is 0. The lowest BCUT2D eigenvalue weighted by Crippen LogP contribution is -2.25. The van der Waals surface area contributed by atoms with Gasteiger partial charge in [0.05, 0.1) is 19.7 Å². The number of nitrogens with zero attached hydrogens (tertiary/aromatic N) is 4. The molecule has 1 aromatic rings. The number of hydrogen-bond acceptors (Lipinski definition) is 5. The van der Waals surface area contributed by atoms with Crippen molar-refractivity contribution in [3.05, 3.63) is 5.82 Å². The lowest BCUT2D eigenvalue weighted by molar-refractivity contribution is -0.174. The Labute approximate surface area is 102 Å². The Hall–Kier alpha value is -1.22. The molecule has 0 unspecified atom stereocenters. The number of nitrogens with one attached hydrogen (secondary N) is 1. The Bertz CT molecular complexity index is 352. The first-order chi connectivity index (χ1) is 8.38. The molecule has 0 atom stereocenters. The minimum atomic E-state index is -4.30. The second-order valence-electron chi connectivity index (χ2n) is 4.02. The lowest BCUT2D eigenvalue weighted by Gasteiger charge is -2.09. The van der Waals surface area contributed by atoms with Crippen LogP contribution in [0.25, 0.3) is 0 Å². The van der Waals surface area contributed by atoms with Gasteiger partial charge in [0.25, 0.3) is 0 Å². The van der Waals surface area contributed by atoms with Gasteiger partial charge < -0.3 is 10.1 Å². The summed E-state index contributed by atoms with van der Waals surface area (Å²) in [5.74, 6) is 0.569. The molecule has 1 N–H and O–H groups in total. The third kappa shape index (κ3) is 5.92. The SMILES string of the molecule is CC(C)NCc1nnnn1CCOCC(F)(F)F. The summed E-state index contributed by atoms with van der Waals surface area (Å²) in [4.78, 5) is 0. The topological polar surface area (TPSA) is 64.9 Å². The monoisotopic (exact) mass is 267 g/mol. The number of alkyl halides is 3. The quantitative estimate of drug-likeness (QED) is 0.738. The van der Waals surface area contributed by atoms with Crippen LogP contribution in [-0.2, 0) is 17.8 Å². The van der Waals surface area contributed by atoms with Gasteiger partial charge in [-0.2, -0.15) is 13.2 Å². The van der Waals surface area contributed by atoms with E-state index in [0.717, 1.165) is 0 Å². The Balaban J connectivity index is 2.32. The third-order valence-corrected chi connectivity index (χ3v) is 1.99. The normalized spacial score (nSPS) is 12.3. The van der Waals surface area contributed by atoms with Gasteiger partial charge in [0.2, 0.25) is 0 Å². The van der Waals surface area contributed by atoms with Crippen molar-refractivity contribution in [1.29, 1.82) is 0 Å². The molecule has 0 saturated carbocycles. The lowest BCUT2D eigenvalue weighted by atomic mass is 10.4. The van der Waals surface area contributed by atoms with E-state index in [4.69, 9.17) is 0 Å². The minimum absolute atomic E-state index is 0.0841. The molecule has 6 nitrogen and oxygen atoms in total. The number of tetrazole rings is 1. The Morgan fingerprint density at radius 2 is 2.11 bits per heavy atom. The molecule has 0 fully saturated rings. The molecular weight excluding hydrogens is 251 g/mol. The molecule has 0 aliphatic heterocycles. The van der Waals surface area contributed by atoms with E-state index in [1.807, 2.05) is 13.8 Å². The second kappa shape index (κ2) is 6.64. The molecule has 0 saturated heterocycles. The maximum atomic E-state index is 11.8. The van der Waals surface area contributed by atoms with Crippen molar-refractivity contribution >= 4 is 0 Å². The molecular formula is C9H16F3N5O. The Morgan fingerprint density at radius 3 is 2.72 bits per heavy atom. The standard InChI is InChI=1S/C9H16F3N5O/c1-7(2)13-5-8-14-15-16-17(8)3-4-18-6-9(10,11)12/h7,13H,3-6H2,1-2H3. The number of hydrogen-bond donors (Lipinski definition) is 1. The van der Waals surface area contributed by atoms with Crippen LogP contribution in [0.1, 0.15) is 19.7 Å². The molecule has 0 bridgehead atoms. The van der Waals surface area contributed by atoms with Crippen LogP contribution < -0.4 is 5.32 Å². The molecule has 0 radical (unpaired) electrons. The molecule has 1 heterocycles. The Morgan fingerprint density at radius 1 is 1.39 bits per heavy atom. The van der Waals surface area contributed by atoms with Crippen molar-refractivity contribution in [3.63, 3.8) is 0 Å². The fourth-order valence-corrected chi connectivity index (χ4v) is 1.16. The van der Waals surface area contributed by atoms with E-state index < -0.39 is 12.8 Å². The average Bonchev–Trinajstić information content (AvgIpc) is 2.67. The summed E-state index contributed by atoms with van der Waals surface area (Å²) < 4.78 is 41.4. The fourth-order valence-electron chi connectivity index (χ4n) is 1.16. The number of aromatic nitrogens is 4. The van der Waals surface area contributed by atoms with Crippen LogP contribution in [0, 0.1) is 0 Å². The smallest absolute Gasteiger partial charge is 0.370 e. The molecule has 1 rings (SSSR count). The van der Waals surface area contributed by atoms with Crippen molar-refractivity contribution in [2.75, 3.05) is 13.2 Å². The highest BCUT2D eigenvalue weighted by molar-refractivity contribution is 4.80. The van der Waals surface area contributed by atoms with Crippen molar-refractivity contribution in [1.82, 2.24) is 25.5 Å². The van der Waals surface area contributed by atoms with Crippen LogP contribution in [0.2, 0.25) is 0 Å². The third-order valence-electron chi connectivity index (χ3n) is 1.99. The van der Waals surface area contributed by atoms with Gasteiger partial charge in [0, 0.05) is 6.04 Å². The van der Waals surface area contributed by atoms with E-state index in [2.05, 4.69) is 25.6 Å². The highest BCUT2D eigenvalue weighted by atomic mass is 19.4. The first-order valence-electron chi connectivity index (χ1n) is 5.51. The maximum absolute atomic E-state index is 11.8. The van der Waals surface area contributed by atoms with E-state index in [0.29, 0.717) is 12.4 Å². The molecule has 0 spiro atoms. The van der Waals surface area contributed by atoms with Crippen LogP contribution >= 0.6 is 0 Å². The summed E-state index contributed by atoms with van der Waals surface area (Å²) in [5, 5.41) is 14.1. The first kappa shape index (κ1) is 14.8. The van der Waals surface area contributed by atoms with Crippen LogP contribution in [0.5, 0.6) is 0 Å². The zero-order chi connectivity index (χ0) is 13.6. The van der Waals surface area contributed by atoms with Gasteiger partial charge in [0.1, 0.15) is 6.61 Å². The molecule has 18 heavy (non-hydrogen) atoms. The van der Waals surface area contributed by atoms with Crippen LogP contribution in [0.3, 0.4) is 0 Å². The maximum Gasteiger partial charge on any atom is 0.411 e. The predicted octanol–water partition coefficient (Wildman–Crippen LogP) is 0.750. The van der Waals surface area contributed by atoms with E-state index in [-0.39, 0.29) is 19.2 Å². The summed E-state index contributed by atoms with van der Waals surface area (Å²) >= 11 is 0. The molecule has 1 aromatic heterocycles. The zero-order valence-corrected chi connectivity index (χ0v) is 10.2. The first-order valence-corrected chi connectivity index (χ1v) is 5.51. The second-order valence-corrected chi connectivity index (χ2v) is 4.02. The predicted molar refractivity (Wildman–Crippen MR) is 56.7 cm³/mol. The minimum Gasteiger partial charge on any atom is -0.370 e. The van der Waals surface area contributed by atoms with Gasteiger partial charge >= 0.3 is 6.18 Å². The van der Waals surface area contributed by atoms with Gasteiger partial charge in [-0.25, -0.2) is 4.68 Å². The van der Waals surface area contributed by atoms with Gasteiger partial charge in [0.15, 0.2) is 5.82 Å². The summed E-state index contributed by atoms with van der Waals surface area (Å²) in [6, 6.07) is 0.275. The van der Waals surface area contributed by atoms with Crippen molar-refractivity contribution in [2.45, 2.75) is 39.2 Å². The van der Waals surface area contributed by atoms with Crippen molar-refractivity contribution < 1.29 is 17.9 Å². The van der Waals surface area contributed by atoms with Crippen LogP contribution in [0.4, 0.5) is 13.2 Å². The fraction of sp³-hybridized carbons (Fsp3) is 0.889. The highest BCUT2D eigenvalue weighted by Gasteiger charge is 2.27. The van der Waals surface area contributed by atoms with Gasteiger partial charge in [-0.3, -0.25) is 0 Å². The highest BCUT2D eigenvalue weighted by Crippen LogP contribution is 2.14. The number of halogens is 3. The summed E-state index contributed by atoms with van der Waals surface area (Å²) in [5.41, 5.74) is 0.